The molecule has 1 aliphatic carbocycles. The lowest BCUT2D eigenvalue weighted by molar-refractivity contribution is -0.138. The Kier molecular flexibility index (Phi) is 5.92. The number of Topliss-reactive ketones (excluding diaryl/α,β-unsaturated/α-hetero) is 1. The molecule has 1 atom stereocenters. The minimum Gasteiger partial charge on any atom is -0.465 e. The van der Waals surface area contributed by atoms with Crippen LogP contribution in [0.1, 0.15) is 18.6 Å². The molecule has 1 fully saturated rings. The first-order chi connectivity index (χ1) is 11.2. The molecule has 1 unspecified atom stereocenters. The van der Waals surface area contributed by atoms with Crippen LogP contribution in [0.2, 0.25) is 0 Å². The molecule has 23 heavy (non-hydrogen) atoms. The van der Waals surface area contributed by atoms with Gasteiger partial charge < -0.3 is 9.32 Å². The second-order valence-electron chi connectivity index (χ2n) is 5.34. The van der Waals surface area contributed by atoms with E-state index in [-0.39, 0.29) is 11.7 Å². The van der Waals surface area contributed by atoms with Gasteiger partial charge in [0.2, 0.25) is 5.91 Å². The molecule has 4 nitrogen and oxygen atoms in total. The fraction of sp³-hybridized carbons (Fsp3) is 0.263. The van der Waals surface area contributed by atoms with Crippen molar-refractivity contribution in [1.82, 2.24) is 4.90 Å². The molecule has 1 aromatic rings. The van der Waals surface area contributed by atoms with Gasteiger partial charge in [-0.3, -0.25) is 9.59 Å². The van der Waals surface area contributed by atoms with E-state index in [1.165, 1.54) is 0 Å². The molecule has 1 saturated carbocycles. The Morgan fingerprint density at radius 2 is 2.09 bits per heavy atom. The largest absolute Gasteiger partial charge is 0.465 e. The second kappa shape index (κ2) is 8.13. The van der Waals surface area contributed by atoms with E-state index in [2.05, 4.69) is 13.2 Å². The predicted molar refractivity (Wildman–Crippen MR) is 90.5 cm³/mol. The van der Waals surface area contributed by atoms with Gasteiger partial charge in [-0.1, -0.05) is 24.3 Å². The Bertz CT molecular complexity index is 628. The maximum Gasteiger partial charge on any atom is 0.234 e. The molecule has 0 bridgehead atoms. The van der Waals surface area contributed by atoms with Crippen LogP contribution in [0.4, 0.5) is 0 Å². The lowest BCUT2D eigenvalue weighted by Crippen LogP contribution is -2.38. The van der Waals surface area contributed by atoms with Crippen LogP contribution in [0.3, 0.4) is 0 Å². The summed E-state index contributed by atoms with van der Waals surface area (Å²) in [4.78, 5) is 26.5. The SMILES string of the molecule is C=CCN(CC=C)C(=O)C1CC/C(=C\C=C\c2ccco2)C1=O. The topological polar surface area (TPSA) is 50.5 Å². The molecule has 0 N–H and O–H groups in total. The van der Waals surface area contributed by atoms with Crippen molar-refractivity contribution < 1.29 is 14.0 Å². The van der Waals surface area contributed by atoms with Crippen molar-refractivity contribution in [2.24, 2.45) is 5.92 Å². The third-order valence-electron chi connectivity index (χ3n) is 3.75. The highest BCUT2D eigenvalue weighted by atomic mass is 16.3. The van der Waals surface area contributed by atoms with Crippen LogP contribution >= 0.6 is 0 Å². The van der Waals surface area contributed by atoms with Crippen LogP contribution < -0.4 is 0 Å². The summed E-state index contributed by atoms with van der Waals surface area (Å²) in [7, 11) is 0. The Morgan fingerprint density at radius 1 is 1.35 bits per heavy atom. The van der Waals surface area contributed by atoms with E-state index < -0.39 is 5.92 Å². The maximum atomic E-state index is 12.5. The second-order valence-corrected chi connectivity index (χ2v) is 5.34. The minimum atomic E-state index is -0.585. The lowest BCUT2D eigenvalue weighted by atomic mass is 10.0. The fourth-order valence-electron chi connectivity index (χ4n) is 2.61. The molecule has 0 saturated heterocycles. The maximum absolute atomic E-state index is 12.5. The van der Waals surface area contributed by atoms with Gasteiger partial charge in [0.1, 0.15) is 11.7 Å². The molecular formula is C19H21NO3. The van der Waals surface area contributed by atoms with Gasteiger partial charge in [-0.05, 0) is 36.6 Å². The van der Waals surface area contributed by atoms with Crippen LogP contribution in [0.15, 0.2) is 65.8 Å². The van der Waals surface area contributed by atoms with Crippen molar-refractivity contribution in [3.05, 3.63) is 67.2 Å². The molecule has 0 radical (unpaired) electrons. The van der Waals surface area contributed by atoms with Gasteiger partial charge in [0, 0.05) is 13.1 Å². The van der Waals surface area contributed by atoms with Crippen molar-refractivity contribution >= 4 is 17.8 Å². The standard InChI is InChI=1S/C19H21NO3/c1-3-12-20(13-4-2)19(22)17-11-10-15(18(17)21)7-5-8-16-9-6-14-23-16/h3-9,14,17H,1-2,10-13H2/b8-5+,15-7+. The average Bonchev–Trinajstić information content (AvgIpc) is 3.17. The quantitative estimate of drug-likeness (QED) is 0.440. The zero-order valence-corrected chi connectivity index (χ0v) is 13.1. The Morgan fingerprint density at radius 3 is 2.70 bits per heavy atom. The summed E-state index contributed by atoms with van der Waals surface area (Å²) in [6.45, 7) is 8.14. The van der Waals surface area contributed by atoms with Gasteiger partial charge in [-0.2, -0.15) is 0 Å². The highest BCUT2D eigenvalue weighted by molar-refractivity contribution is 6.11. The van der Waals surface area contributed by atoms with E-state index in [9.17, 15) is 9.59 Å². The summed E-state index contributed by atoms with van der Waals surface area (Å²) >= 11 is 0. The van der Waals surface area contributed by atoms with E-state index in [4.69, 9.17) is 4.42 Å². The van der Waals surface area contributed by atoms with E-state index >= 15 is 0 Å². The average molecular weight is 311 g/mol. The first kappa shape index (κ1) is 16.7. The summed E-state index contributed by atoms with van der Waals surface area (Å²) in [5, 5.41) is 0. The molecule has 1 heterocycles. The minimum absolute atomic E-state index is 0.0859. The number of amides is 1. The number of carbonyl (C=O) groups excluding carboxylic acids is 2. The van der Waals surface area contributed by atoms with Gasteiger partial charge >= 0.3 is 0 Å². The number of ketones is 1. The highest BCUT2D eigenvalue weighted by Crippen LogP contribution is 2.28. The molecule has 0 spiro atoms. The normalized spacial score (nSPS) is 19.4. The van der Waals surface area contributed by atoms with Crippen molar-refractivity contribution in [2.45, 2.75) is 12.8 Å². The highest BCUT2D eigenvalue weighted by Gasteiger charge is 2.36. The van der Waals surface area contributed by atoms with E-state index in [1.807, 2.05) is 6.07 Å². The van der Waals surface area contributed by atoms with Gasteiger partial charge in [-0.25, -0.2) is 0 Å². The molecule has 120 valence electrons. The Labute approximate surface area is 136 Å². The van der Waals surface area contributed by atoms with Gasteiger partial charge in [0.15, 0.2) is 5.78 Å². The Balaban J connectivity index is 2.03. The number of nitrogens with zero attached hydrogens (tertiary/aromatic N) is 1. The summed E-state index contributed by atoms with van der Waals surface area (Å²) in [5.74, 6) is -0.0911. The van der Waals surface area contributed by atoms with Crippen molar-refractivity contribution in [1.29, 1.82) is 0 Å². The number of hydrogen-bond acceptors (Lipinski definition) is 3. The number of furan rings is 1. The number of rotatable bonds is 7. The van der Waals surface area contributed by atoms with Crippen molar-refractivity contribution in [2.75, 3.05) is 13.1 Å². The van der Waals surface area contributed by atoms with Crippen molar-refractivity contribution in [3.8, 4) is 0 Å². The number of carbonyl (C=O) groups is 2. The van der Waals surface area contributed by atoms with Crippen LogP contribution in [0.5, 0.6) is 0 Å². The summed E-state index contributed by atoms with van der Waals surface area (Å²) in [6.07, 6.45) is 11.4. The number of hydrogen-bond donors (Lipinski definition) is 0. The summed E-state index contributed by atoms with van der Waals surface area (Å²) in [5.41, 5.74) is 0.684. The van der Waals surface area contributed by atoms with Crippen molar-refractivity contribution in [3.63, 3.8) is 0 Å². The number of allylic oxidation sites excluding steroid dienone is 3. The predicted octanol–water partition coefficient (Wildman–Crippen LogP) is 3.40. The van der Waals surface area contributed by atoms with Gasteiger partial charge in [0.25, 0.3) is 0 Å². The zero-order valence-electron chi connectivity index (χ0n) is 13.1. The van der Waals surface area contributed by atoms with Crippen LogP contribution in [-0.2, 0) is 9.59 Å². The lowest BCUT2D eigenvalue weighted by Gasteiger charge is -2.22. The van der Waals surface area contributed by atoms with Crippen LogP contribution in [0, 0.1) is 5.92 Å². The third kappa shape index (κ3) is 4.19. The monoisotopic (exact) mass is 311 g/mol. The molecule has 0 aromatic carbocycles. The Hall–Kier alpha value is -2.62. The summed E-state index contributed by atoms with van der Waals surface area (Å²) < 4.78 is 5.19. The molecule has 1 amide bonds. The summed E-state index contributed by atoms with van der Waals surface area (Å²) in [6, 6.07) is 3.64. The molecule has 1 aliphatic rings. The first-order valence-electron chi connectivity index (χ1n) is 7.63. The smallest absolute Gasteiger partial charge is 0.234 e. The van der Waals surface area contributed by atoms with Crippen LogP contribution in [0.25, 0.3) is 6.08 Å². The van der Waals surface area contributed by atoms with Gasteiger partial charge in [-0.15, -0.1) is 13.2 Å². The zero-order chi connectivity index (χ0) is 16.7. The first-order valence-corrected chi connectivity index (χ1v) is 7.63. The van der Waals surface area contributed by atoms with E-state index in [0.717, 1.165) is 5.76 Å². The molecule has 1 aromatic heterocycles. The van der Waals surface area contributed by atoms with Crippen LogP contribution in [-0.4, -0.2) is 29.7 Å². The molecular weight excluding hydrogens is 290 g/mol. The molecule has 2 rings (SSSR count). The van der Waals surface area contributed by atoms with Gasteiger partial charge in [0.05, 0.1) is 6.26 Å². The van der Waals surface area contributed by atoms with E-state index in [1.54, 1.807) is 47.6 Å². The van der Waals surface area contributed by atoms with E-state index in [0.29, 0.717) is 31.5 Å². The molecule has 0 aliphatic heterocycles. The molecule has 4 heteroatoms. The fourth-order valence-corrected chi connectivity index (χ4v) is 2.61. The third-order valence-corrected chi connectivity index (χ3v) is 3.75.